The van der Waals surface area contributed by atoms with E-state index in [-0.39, 0.29) is 23.7 Å². The van der Waals surface area contributed by atoms with Gasteiger partial charge in [0, 0.05) is 12.4 Å². The predicted octanol–water partition coefficient (Wildman–Crippen LogP) is 0.938. The quantitative estimate of drug-likeness (QED) is 0.788. The Morgan fingerprint density at radius 2 is 1.79 bits per heavy atom. The van der Waals surface area contributed by atoms with Gasteiger partial charge in [-0.2, -0.15) is 0 Å². The summed E-state index contributed by atoms with van der Waals surface area (Å²) in [4.78, 5) is 31.4. The van der Waals surface area contributed by atoms with Gasteiger partial charge in [-0.25, -0.2) is 9.97 Å². The second kappa shape index (κ2) is 4.46. The fourth-order valence-corrected chi connectivity index (χ4v) is 3.07. The van der Waals surface area contributed by atoms with Crippen LogP contribution in [-0.4, -0.2) is 27.0 Å². The minimum Gasteiger partial charge on any atom is -0.481 e. The van der Waals surface area contributed by atoms with E-state index in [1.54, 1.807) is 6.07 Å². The maximum absolute atomic E-state index is 12.2. The van der Waals surface area contributed by atoms with Crippen LogP contribution < -0.4 is 5.32 Å². The van der Waals surface area contributed by atoms with Crippen LogP contribution in [-0.2, 0) is 9.59 Å². The summed E-state index contributed by atoms with van der Waals surface area (Å²) in [5, 5.41) is 11.9. The summed E-state index contributed by atoms with van der Waals surface area (Å²) in [6.07, 6.45) is 7.65. The second-order valence-electron chi connectivity index (χ2n) is 4.90. The van der Waals surface area contributed by atoms with Crippen LogP contribution in [0.25, 0.3) is 0 Å². The molecular weight excluding hydrogens is 246 g/mol. The SMILES string of the molecule is O=C(Nc1ncccn1)[C@@H]1[C@H](C(=O)O)[C@H]2C=C[C@H]1C2. The minimum atomic E-state index is -0.911. The number of hydrogen-bond acceptors (Lipinski definition) is 4. The van der Waals surface area contributed by atoms with E-state index in [1.165, 1.54) is 12.4 Å². The van der Waals surface area contributed by atoms with Crippen molar-refractivity contribution in [2.45, 2.75) is 6.42 Å². The van der Waals surface area contributed by atoms with Gasteiger partial charge in [0.15, 0.2) is 0 Å². The van der Waals surface area contributed by atoms with Crippen molar-refractivity contribution >= 4 is 17.8 Å². The van der Waals surface area contributed by atoms with Gasteiger partial charge in [0.2, 0.25) is 11.9 Å². The lowest BCUT2D eigenvalue weighted by atomic mass is 9.82. The average Bonchev–Trinajstić information content (AvgIpc) is 2.99. The number of nitrogens with one attached hydrogen (secondary N) is 1. The van der Waals surface area contributed by atoms with Gasteiger partial charge >= 0.3 is 5.97 Å². The number of aromatic nitrogens is 2. The smallest absolute Gasteiger partial charge is 0.307 e. The average molecular weight is 259 g/mol. The Bertz CT molecular complexity index is 543. The number of carboxylic acid groups (broad SMARTS) is 1. The highest BCUT2D eigenvalue weighted by Crippen LogP contribution is 2.48. The molecule has 3 rings (SSSR count). The summed E-state index contributed by atoms with van der Waals surface area (Å²) >= 11 is 0. The van der Waals surface area contributed by atoms with Crippen molar-refractivity contribution in [3.63, 3.8) is 0 Å². The lowest BCUT2D eigenvalue weighted by Gasteiger charge is -2.23. The molecule has 0 unspecified atom stereocenters. The first-order valence-corrected chi connectivity index (χ1v) is 6.16. The van der Waals surface area contributed by atoms with Crippen molar-refractivity contribution in [2.24, 2.45) is 23.7 Å². The Kier molecular flexibility index (Phi) is 2.77. The normalized spacial score (nSPS) is 31.4. The predicted molar refractivity (Wildman–Crippen MR) is 66.0 cm³/mol. The summed E-state index contributed by atoms with van der Waals surface area (Å²) in [6.45, 7) is 0. The fraction of sp³-hybridized carbons (Fsp3) is 0.385. The highest BCUT2D eigenvalue weighted by Gasteiger charge is 2.51. The molecule has 1 aromatic rings. The molecule has 0 aromatic carbocycles. The number of rotatable bonds is 3. The van der Waals surface area contributed by atoms with Crippen molar-refractivity contribution in [3.05, 3.63) is 30.6 Å². The molecule has 1 amide bonds. The van der Waals surface area contributed by atoms with Crippen molar-refractivity contribution in [1.29, 1.82) is 0 Å². The maximum atomic E-state index is 12.2. The number of nitrogens with zero attached hydrogens (tertiary/aromatic N) is 2. The van der Waals surface area contributed by atoms with Gasteiger partial charge in [0.1, 0.15) is 0 Å². The van der Waals surface area contributed by atoms with Crippen LogP contribution in [0, 0.1) is 23.7 Å². The number of hydrogen-bond donors (Lipinski definition) is 2. The molecule has 1 aromatic heterocycles. The van der Waals surface area contributed by atoms with Crippen LogP contribution in [0.1, 0.15) is 6.42 Å². The molecular formula is C13H13N3O3. The van der Waals surface area contributed by atoms with Crippen LogP contribution in [0.2, 0.25) is 0 Å². The molecule has 1 heterocycles. The van der Waals surface area contributed by atoms with Crippen LogP contribution in [0.5, 0.6) is 0 Å². The van der Waals surface area contributed by atoms with Gasteiger partial charge in [-0.3, -0.25) is 14.9 Å². The van der Waals surface area contributed by atoms with Gasteiger partial charge in [0.05, 0.1) is 11.8 Å². The van der Waals surface area contributed by atoms with Crippen molar-refractivity contribution in [2.75, 3.05) is 5.32 Å². The van der Waals surface area contributed by atoms with E-state index in [0.29, 0.717) is 0 Å². The third kappa shape index (κ3) is 1.99. The van der Waals surface area contributed by atoms with E-state index in [0.717, 1.165) is 6.42 Å². The molecule has 0 saturated heterocycles. The van der Waals surface area contributed by atoms with E-state index < -0.39 is 17.8 Å². The molecule has 6 nitrogen and oxygen atoms in total. The molecule has 0 spiro atoms. The first-order chi connectivity index (χ1) is 9.16. The lowest BCUT2D eigenvalue weighted by molar-refractivity contribution is -0.146. The molecule has 2 bridgehead atoms. The summed E-state index contributed by atoms with van der Waals surface area (Å²) in [6, 6.07) is 1.65. The maximum Gasteiger partial charge on any atom is 0.307 e. The number of aliphatic carboxylic acids is 1. The molecule has 6 heteroatoms. The molecule has 2 aliphatic rings. The number of carbonyl (C=O) groups excluding carboxylic acids is 1. The van der Waals surface area contributed by atoms with E-state index in [4.69, 9.17) is 0 Å². The zero-order valence-electron chi connectivity index (χ0n) is 10.1. The standard InChI is InChI=1S/C13H13N3O3/c17-11(16-13-14-4-1-5-15-13)9-7-2-3-8(6-7)10(9)12(18)19/h1-5,7-10H,6H2,(H,18,19)(H,14,15,16,17)/t7-,8-,9-,10+/m0/s1. The Morgan fingerprint density at radius 3 is 2.42 bits per heavy atom. The summed E-state index contributed by atoms with van der Waals surface area (Å²) in [5.41, 5.74) is 0. The molecule has 2 aliphatic carbocycles. The summed E-state index contributed by atoms with van der Waals surface area (Å²) < 4.78 is 0. The van der Waals surface area contributed by atoms with Crippen LogP contribution in [0.15, 0.2) is 30.6 Å². The number of amides is 1. The Labute approximate surface area is 109 Å². The van der Waals surface area contributed by atoms with Crippen molar-refractivity contribution in [3.8, 4) is 0 Å². The highest BCUT2D eigenvalue weighted by atomic mass is 16.4. The van der Waals surface area contributed by atoms with Gasteiger partial charge < -0.3 is 5.11 Å². The number of anilines is 1. The highest BCUT2D eigenvalue weighted by molar-refractivity contribution is 5.95. The zero-order valence-corrected chi connectivity index (χ0v) is 10.1. The molecule has 1 fully saturated rings. The van der Waals surface area contributed by atoms with E-state index in [2.05, 4.69) is 15.3 Å². The molecule has 2 N–H and O–H groups in total. The first-order valence-electron chi connectivity index (χ1n) is 6.16. The Morgan fingerprint density at radius 1 is 1.16 bits per heavy atom. The van der Waals surface area contributed by atoms with Crippen LogP contribution >= 0.6 is 0 Å². The molecule has 0 radical (unpaired) electrons. The lowest BCUT2D eigenvalue weighted by Crippen LogP contribution is -2.36. The molecule has 4 atom stereocenters. The third-order valence-corrected chi connectivity index (χ3v) is 3.85. The number of carboxylic acids is 1. The Balaban J connectivity index is 1.79. The number of fused-ring (bicyclic) bond motifs is 2. The van der Waals surface area contributed by atoms with Gasteiger partial charge in [-0.05, 0) is 24.3 Å². The van der Waals surface area contributed by atoms with Gasteiger partial charge in [-0.15, -0.1) is 0 Å². The van der Waals surface area contributed by atoms with Gasteiger partial charge in [0.25, 0.3) is 0 Å². The first kappa shape index (κ1) is 11.8. The molecule has 0 aliphatic heterocycles. The van der Waals surface area contributed by atoms with E-state index >= 15 is 0 Å². The summed E-state index contributed by atoms with van der Waals surface area (Å²) in [5.74, 6) is -2.20. The second-order valence-corrected chi connectivity index (χ2v) is 4.90. The zero-order chi connectivity index (χ0) is 13.4. The van der Waals surface area contributed by atoms with Crippen molar-refractivity contribution < 1.29 is 14.7 Å². The van der Waals surface area contributed by atoms with Gasteiger partial charge in [-0.1, -0.05) is 12.2 Å². The topological polar surface area (TPSA) is 92.2 Å². The van der Waals surface area contributed by atoms with Crippen LogP contribution in [0.3, 0.4) is 0 Å². The van der Waals surface area contributed by atoms with Crippen LogP contribution in [0.4, 0.5) is 5.95 Å². The van der Waals surface area contributed by atoms with E-state index in [1.807, 2.05) is 12.2 Å². The minimum absolute atomic E-state index is 0.00909. The summed E-state index contributed by atoms with van der Waals surface area (Å²) in [7, 11) is 0. The molecule has 19 heavy (non-hydrogen) atoms. The largest absolute Gasteiger partial charge is 0.481 e. The van der Waals surface area contributed by atoms with E-state index in [9.17, 15) is 14.7 Å². The number of carbonyl (C=O) groups is 2. The van der Waals surface area contributed by atoms with Crippen molar-refractivity contribution in [1.82, 2.24) is 9.97 Å². The monoisotopic (exact) mass is 259 g/mol. The molecule has 1 saturated carbocycles. The Hall–Kier alpha value is -2.24. The molecule has 98 valence electrons. The number of allylic oxidation sites excluding steroid dienone is 2. The fourth-order valence-electron chi connectivity index (χ4n) is 3.07. The third-order valence-electron chi connectivity index (χ3n) is 3.85.